The standard InChI is InChI=1S/C17H19N5/c1-12(2)18-16(13-7-4-3-5-8-13)14-9-6-10-15(11-14)17-19-21-22-20-17/h3-12,16,18H,1-2H3,(H,19,20,21,22). The molecule has 1 heterocycles. The van der Waals surface area contributed by atoms with Crippen molar-refractivity contribution in [3.05, 3.63) is 65.7 Å². The summed E-state index contributed by atoms with van der Waals surface area (Å²) in [5.74, 6) is 0.609. The largest absolute Gasteiger partial charge is 0.304 e. The first-order chi connectivity index (χ1) is 10.7. The molecule has 3 aromatic rings. The molecule has 22 heavy (non-hydrogen) atoms. The fourth-order valence-corrected chi connectivity index (χ4v) is 2.51. The number of nitrogens with one attached hydrogen (secondary N) is 2. The Balaban J connectivity index is 1.99. The van der Waals surface area contributed by atoms with E-state index in [0.717, 1.165) is 5.56 Å². The van der Waals surface area contributed by atoms with Crippen LogP contribution in [-0.2, 0) is 0 Å². The Morgan fingerprint density at radius 2 is 1.73 bits per heavy atom. The number of hydrogen-bond donors (Lipinski definition) is 2. The molecule has 3 rings (SSSR count). The third-order valence-corrected chi connectivity index (χ3v) is 3.46. The summed E-state index contributed by atoms with van der Waals surface area (Å²) < 4.78 is 0. The van der Waals surface area contributed by atoms with Crippen LogP contribution in [0.5, 0.6) is 0 Å². The third-order valence-electron chi connectivity index (χ3n) is 3.46. The first kappa shape index (κ1) is 14.4. The first-order valence-corrected chi connectivity index (χ1v) is 7.39. The number of aromatic amines is 1. The lowest BCUT2D eigenvalue weighted by Crippen LogP contribution is -2.28. The van der Waals surface area contributed by atoms with E-state index in [1.807, 2.05) is 18.2 Å². The molecule has 5 nitrogen and oxygen atoms in total. The number of aromatic nitrogens is 4. The summed E-state index contributed by atoms with van der Waals surface area (Å²) in [6.45, 7) is 4.30. The Hall–Kier alpha value is -2.53. The quantitative estimate of drug-likeness (QED) is 0.759. The van der Waals surface area contributed by atoms with Gasteiger partial charge in [0, 0.05) is 11.6 Å². The van der Waals surface area contributed by atoms with Crippen LogP contribution in [0.15, 0.2) is 54.6 Å². The first-order valence-electron chi connectivity index (χ1n) is 7.39. The summed E-state index contributed by atoms with van der Waals surface area (Å²) in [4.78, 5) is 0. The smallest absolute Gasteiger partial charge is 0.204 e. The van der Waals surface area contributed by atoms with Gasteiger partial charge in [0.05, 0.1) is 6.04 Å². The maximum absolute atomic E-state index is 4.05. The van der Waals surface area contributed by atoms with E-state index < -0.39 is 0 Å². The molecule has 0 saturated heterocycles. The van der Waals surface area contributed by atoms with E-state index in [1.54, 1.807) is 0 Å². The van der Waals surface area contributed by atoms with Crippen LogP contribution in [0.3, 0.4) is 0 Å². The van der Waals surface area contributed by atoms with E-state index in [4.69, 9.17) is 0 Å². The van der Waals surface area contributed by atoms with Crippen LogP contribution in [-0.4, -0.2) is 26.7 Å². The van der Waals surface area contributed by atoms with Crippen molar-refractivity contribution in [3.8, 4) is 11.4 Å². The van der Waals surface area contributed by atoms with Crippen LogP contribution in [0, 0.1) is 0 Å². The number of tetrazole rings is 1. The fourth-order valence-electron chi connectivity index (χ4n) is 2.51. The second kappa shape index (κ2) is 6.49. The van der Waals surface area contributed by atoms with Gasteiger partial charge in [-0.2, -0.15) is 5.21 Å². The molecule has 0 fully saturated rings. The predicted octanol–water partition coefficient (Wildman–Crippen LogP) is 2.95. The van der Waals surface area contributed by atoms with Crippen LogP contribution in [0.25, 0.3) is 11.4 Å². The van der Waals surface area contributed by atoms with E-state index in [1.165, 1.54) is 11.1 Å². The molecule has 0 aliphatic carbocycles. The molecule has 0 aliphatic heterocycles. The number of nitrogens with zero attached hydrogens (tertiary/aromatic N) is 3. The van der Waals surface area contributed by atoms with Crippen LogP contribution < -0.4 is 5.32 Å². The lowest BCUT2D eigenvalue weighted by molar-refractivity contribution is 0.529. The minimum Gasteiger partial charge on any atom is -0.304 e. The lowest BCUT2D eigenvalue weighted by atomic mass is 9.96. The molecule has 2 aromatic carbocycles. The summed E-state index contributed by atoms with van der Waals surface area (Å²) >= 11 is 0. The Morgan fingerprint density at radius 3 is 2.41 bits per heavy atom. The van der Waals surface area contributed by atoms with Gasteiger partial charge in [-0.15, -0.1) is 10.2 Å². The summed E-state index contributed by atoms with van der Waals surface area (Å²) in [5, 5.41) is 17.8. The monoisotopic (exact) mass is 293 g/mol. The van der Waals surface area contributed by atoms with Crippen molar-refractivity contribution in [1.29, 1.82) is 0 Å². The van der Waals surface area contributed by atoms with Crippen molar-refractivity contribution in [2.24, 2.45) is 0 Å². The number of H-pyrrole nitrogens is 1. The van der Waals surface area contributed by atoms with Gasteiger partial charge in [-0.1, -0.05) is 48.5 Å². The highest BCUT2D eigenvalue weighted by Crippen LogP contribution is 2.25. The highest BCUT2D eigenvalue weighted by Gasteiger charge is 2.16. The van der Waals surface area contributed by atoms with Crippen LogP contribution in [0.4, 0.5) is 0 Å². The number of hydrogen-bond acceptors (Lipinski definition) is 4. The molecular formula is C17H19N5. The topological polar surface area (TPSA) is 66.5 Å². The summed E-state index contributed by atoms with van der Waals surface area (Å²) in [6.07, 6.45) is 0. The average Bonchev–Trinajstić information content (AvgIpc) is 3.08. The molecule has 0 radical (unpaired) electrons. The third kappa shape index (κ3) is 3.20. The molecule has 0 spiro atoms. The molecule has 0 saturated carbocycles. The predicted molar refractivity (Wildman–Crippen MR) is 86.2 cm³/mol. The highest BCUT2D eigenvalue weighted by molar-refractivity contribution is 5.56. The van der Waals surface area contributed by atoms with Crippen LogP contribution >= 0.6 is 0 Å². The van der Waals surface area contributed by atoms with E-state index in [-0.39, 0.29) is 6.04 Å². The Morgan fingerprint density at radius 1 is 0.955 bits per heavy atom. The zero-order valence-electron chi connectivity index (χ0n) is 12.7. The molecule has 0 aliphatic rings. The van der Waals surface area contributed by atoms with Crippen molar-refractivity contribution in [2.75, 3.05) is 0 Å². The van der Waals surface area contributed by atoms with Gasteiger partial charge < -0.3 is 5.32 Å². The highest BCUT2D eigenvalue weighted by atomic mass is 15.5. The van der Waals surface area contributed by atoms with Gasteiger partial charge in [-0.25, -0.2) is 0 Å². The average molecular weight is 293 g/mol. The molecule has 1 aromatic heterocycles. The second-order valence-electron chi connectivity index (χ2n) is 5.53. The van der Waals surface area contributed by atoms with E-state index in [2.05, 4.69) is 76.2 Å². The Kier molecular flexibility index (Phi) is 4.25. The van der Waals surface area contributed by atoms with Gasteiger partial charge >= 0.3 is 0 Å². The minimum absolute atomic E-state index is 0.132. The Labute approximate surface area is 129 Å². The van der Waals surface area contributed by atoms with Gasteiger partial charge in [0.15, 0.2) is 0 Å². The van der Waals surface area contributed by atoms with E-state index in [9.17, 15) is 0 Å². The van der Waals surface area contributed by atoms with Crippen molar-refractivity contribution in [3.63, 3.8) is 0 Å². The van der Waals surface area contributed by atoms with Gasteiger partial charge in [0.1, 0.15) is 0 Å². The summed E-state index contributed by atoms with van der Waals surface area (Å²) in [7, 11) is 0. The maximum Gasteiger partial charge on any atom is 0.204 e. The molecule has 5 heteroatoms. The summed E-state index contributed by atoms with van der Waals surface area (Å²) in [6, 6.07) is 19.2. The van der Waals surface area contributed by atoms with Crippen LogP contribution in [0.2, 0.25) is 0 Å². The van der Waals surface area contributed by atoms with E-state index >= 15 is 0 Å². The second-order valence-corrected chi connectivity index (χ2v) is 5.53. The van der Waals surface area contributed by atoms with Gasteiger partial charge in [0.25, 0.3) is 0 Å². The number of rotatable bonds is 5. The molecule has 0 amide bonds. The van der Waals surface area contributed by atoms with Crippen molar-refractivity contribution in [1.82, 2.24) is 25.9 Å². The molecule has 112 valence electrons. The zero-order valence-corrected chi connectivity index (χ0v) is 12.7. The van der Waals surface area contributed by atoms with Gasteiger partial charge in [-0.05, 0) is 36.3 Å². The SMILES string of the molecule is CC(C)NC(c1ccccc1)c1cccc(-c2nn[nH]n2)c1. The minimum atomic E-state index is 0.132. The normalized spacial score (nSPS) is 12.5. The van der Waals surface area contributed by atoms with Gasteiger partial charge in [-0.3, -0.25) is 0 Å². The number of benzene rings is 2. The van der Waals surface area contributed by atoms with Gasteiger partial charge in [0.2, 0.25) is 5.82 Å². The molecule has 0 bridgehead atoms. The van der Waals surface area contributed by atoms with Crippen LogP contribution in [0.1, 0.15) is 31.0 Å². The maximum atomic E-state index is 4.05. The fraction of sp³-hybridized carbons (Fsp3) is 0.235. The zero-order chi connectivity index (χ0) is 15.4. The molecule has 2 N–H and O–H groups in total. The summed E-state index contributed by atoms with van der Waals surface area (Å²) in [5.41, 5.74) is 3.38. The van der Waals surface area contributed by atoms with Crippen molar-refractivity contribution in [2.45, 2.75) is 25.9 Å². The van der Waals surface area contributed by atoms with Crippen molar-refractivity contribution >= 4 is 0 Å². The Bertz CT molecular complexity index is 707. The van der Waals surface area contributed by atoms with E-state index in [0.29, 0.717) is 11.9 Å². The molecule has 1 atom stereocenters. The molecular weight excluding hydrogens is 274 g/mol. The molecule has 1 unspecified atom stereocenters. The lowest BCUT2D eigenvalue weighted by Gasteiger charge is -2.22. The van der Waals surface area contributed by atoms with Crippen molar-refractivity contribution < 1.29 is 0 Å².